The number of carbonyl (C=O) groups is 1. The molecular formula is C10H11NO3. The quantitative estimate of drug-likeness (QED) is 0.767. The Hall–Kier alpha value is -1.58. The number of rotatable bonds is 2. The van der Waals surface area contributed by atoms with Gasteiger partial charge in [-0.25, -0.2) is 4.79 Å². The van der Waals surface area contributed by atoms with E-state index in [2.05, 4.69) is 0 Å². The van der Waals surface area contributed by atoms with Gasteiger partial charge in [0.05, 0.1) is 0 Å². The number of nitrogens with zero attached hydrogens (tertiary/aromatic N) is 1. The summed E-state index contributed by atoms with van der Waals surface area (Å²) in [7, 11) is 0. The lowest BCUT2D eigenvalue weighted by Crippen LogP contribution is -2.26. The highest BCUT2D eigenvalue weighted by Gasteiger charge is 2.26. The normalized spacial score (nSPS) is 15.5. The smallest absolute Gasteiger partial charge is 0.341 e. The summed E-state index contributed by atoms with van der Waals surface area (Å²) in [5.74, 6) is -1.14. The van der Waals surface area contributed by atoms with Gasteiger partial charge in [0, 0.05) is 12.2 Å². The van der Waals surface area contributed by atoms with E-state index in [1.54, 1.807) is 19.2 Å². The molecule has 14 heavy (non-hydrogen) atoms. The van der Waals surface area contributed by atoms with Crippen LogP contribution in [0, 0.1) is 6.92 Å². The first-order chi connectivity index (χ1) is 6.61. The molecule has 0 saturated heterocycles. The highest BCUT2D eigenvalue weighted by atomic mass is 16.4. The van der Waals surface area contributed by atoms with Crippen molar-refractivity contribution in [2.75, 3.05) is 0 Å². The minimum Gasteiger partial charge on any atom is -0.477 e. The fourth-order valence-corrected chi connectivity index (χ4v) is 1.54. The van der Waals surface area contributed by atoms with E-state index in [0.29, 0.717) is 5.56 Å². The molecular weight excluding hydrogens is 182 g/mol. The molecule has 0 aromatic carbocycles. The summed E-state index contributed by atoms with van der Waals surface area (Å²) in [5, 5.41) is 8.86. The van der Waals surface area contributed by atoms with Crippen molar-refractivity contribution >= 4 is 5.97 Å². The van der Waals surface area contributed by atoms with Gasteiger partial charge in [0.1, 0.15) is 5.56 Å². The molecule has 1 N–H and O–H groups in total. The van der Waals surface area contributed by atoms with Crippen molar-refractivity contribution in [3.05, 3.63) is 33.7 Å². The zero-order valence-electron chi connectivity index (χ0n) is 7.86. The van der Waals surface area contributed by atoms with Gasteiger partial charge < -0.3 is 9.67 Å². The maximum Gasteiger partial charge on any atom is 0.341 e. The van der Waals surface area contributed by atoms with Gasteiger partial charge in [-0.05, 0) is 31.4 Å². The van der Waals surface area contributed by atoms with Gasteiger partial charge in [0.2, 0.25) is 0 Å². The molecule has 1 fully saturated rings. The van der Waals surface area contributed by atoms with E-state index in [4.69, 9.17) is 5.11 Å². The third-order valence-corrected chi connectivity index (χ3v) is 2.48. The molecule has 4 nitrogen and oxygen atoms in total. The van der Waals surface area contributed by atoms with Gasteiger partial charge in [-0.1, -0.05) is 0 Å². The summed E-state index contributed by atoms with van der Waals surface area (Å²) in [6.45, 7) is 1.64. The molecule has 0 amide bonds. The van der Waals surface area contributed by atoms with Crippen molar-refractivity contribution in [2.45, 2.75) is 25.8 Å². The third kappa shape index (κ3) is 1.32. The molecule has 1 aliphatic rings. The predicted molar refractivity (Wildman–Crippen MR) is 50.7 cm³/mol. The van der Waals surface area contributed by atoms with Crippen molar-refractivity contribution in [3.8, 4) is 0 Å². The molecule has 0 atom stereocenters. The van der Waals surface area contributed by atoms with E-state index in [1.165, 1.54) is 4.57 Å². The Kier molecular flexibility index (Phi) is 1.91. The Morgan fingerprint density at radius 2 is 2.21 bits per heavy atom. The van der Waals surface area contributed by atoms with Gasteiger partial charge in [0.25, 0.3) is 5.56 Å². The first-order valence-electron chi connectivity index (χ1n) is 4.56. The zero-order valence-corrected chi connectivity index (χ0v) is 7.86. The number of carboxylic acid groups (broad SMARTS) is 1. The Morgan fingerprint density at radius 3 is 2.71 bits per heavy atom. The predicted octanol–water partition coefficient (Wildman–Crippen LogP) is 1.19. The number of aromatic nitrogens is 1. The molecule has 0 bridgehead atoms. The Balaban J connectivity index is 2.62. The van der Waals surface area contributed by atoms with E-state index in [0.717, 1.165) is 12.8 Å². The maximum atomic E-state index is 11.7. The van der Waals surface area contributed by atoms with Crippen LogP contribution in [0.25, 0.3) is 0 Å². The highest BCUT2D eigenvalue weighted by Crippen LogP contribution is 2.33. The van der Waals surface area contributed by atoms with Crippen molar-refractivity contribution in [1.29, 1.82) is 0 Å². The van der Waals surface area contributed by atoms with Crippen LogP contribution in [0.3, 0.4) is 0 Å². The van der Waals surface area contributed by atoms with Crippen molar-refractivity contribution in [1.82, 2.24) is 4.57 Å². The number of aromatic carboxylic acids is 1. The molecule has 1 aliphatic carbocycles. The van der Waals surface area contributed by atoms with Crippen molar-refractivity contribution in [3.63, 3.8) is 0 Å². The molecule has 0 unspecified atom stereocenters. The minimum atomic E-state index is -1.14. The first-order valence-corrected chi connectivity index (χ1v) is 4.56. The van der Waals surface area contributed by atoms with Gasteiger partial charge in [-0.15, -0.1) is 0 Å². The summed E-state index contributed by atoms with van der Waals surface area (Å²) < 4.78 is 1.52. The van der Waals surface area contributed by atoms with Crippen LogP contribution in [0.5, 0.6) is 0 Å². The SMILES string of the molecule is Cc1ccn(C2CC2)c(=O)c1C(=O)O. The molecule has 1 heterocycles. The van der Waals surface area contributed by atoms with Crippen LogP contribution in [-0.2, 0) is 0 Å². The van der Waals surface area contributed by atoms with Crippen molar-refractivity contribution < 1.29 is 9.90 Å². The fourth-order valence-electron chi connectivity index (χ4n) is 1.54. The topological polar surface area (TPSA) is 59.3 Å². The number of carboxylic acids is 1. The van der Waals surface area contributed by atoms with Gasteiger partial charge >= 0.3 is 5.97 Å². The zero-order chi connectivity index (χ0) is 10.3. The number of hydrogen-bond donors (Lipinski definition) is 1. The first kappa shape index (κ1) is 8.99. The Bertz CT molecular complexity index is 443. The summed E-state index contributed by atoms with van der Waals surface area (Å²) in [5.41, 5.74) is 0.0544. The average Bonchev–Trinajstić information content (AvgIpc) is 2.86. The summed E-state index contributed by atoms with van der Waals surface area (Å²) >= 11 is 0. The molecule has 74 valence electrons. The second-order valence-corrected chi connectivity index (χ2v) is 3.62. The van der Waals surface area contributed by atoms with E-state index >= 15 is 0 Å². The molecule has 0 aliphatic heterocycles. The second-order valence-electron chi connectivity index (χ2n) is 3.62. The molecule has 0 spiro atoms. The molecule has 2 rings (SSSR count). The maximum absolute atomic E-state index is 11.7. The van der Waals surface area contributed by atoms with Crippen LogP contribution < -0.4 is 5.56 Å². The van der Waals surface area contributed by atoms with Crippen LogP contribution >= 0.6 is 0 Å². The molecule has 1 saturated carbocycles. The van der Waals surface area contributed by atoms with E-state index in [-0.39, 0.29) is 17.2 Å². The van der Waals surface area contributed by atoms with Crippen LogP contribution in [0.15, 0.2) is 17.1 Å². The van der Waals surface area contributed by atoms with Crippen LogP contribution in [0.4, 0.5) is 0 Å². The molecule has 0 radical (unpaired) electrons. The van der Waals surface area contributed by atoms with E-state index < -0.39 is 5.97 Å². The van der Waals surface area contributed by atoms with E-state index in [1.807, 2.05) is 0 Å². The standard InChI is InChI=1S/C10H11NO3/c1-6-4-5-11(7-2-3-7)9(12)8(6)10(13)14/h4-5,7H,2-3H2,1H3,(H,13,14). The van der Waals surface area contributed by atoms with Gasteiger partial charge in [-0.3, -0.25) is 4.79 Å². The molecule has 4 heteroatoms. The summed E-state index contributed by atoms with van der Waals surface area (Å²) in [6.07, 6.45) is 3.63. The summed E-state index contributed by atoms with van der Waals surface area (Å²) in [6, 6.07) is 1.91. The average molecular weight is 193 g/mol. The number of pyridine rings is 1. The minimum absolute atomic E-state index is 0.0978. The largest absolute Gasteiger partial charge is 0.477 e. The van der Waals surface area contributed by atoms with Crippen LogP contribution in [-0.4, -0.2) is 15.6 Å². The lowest BCUT2D eigenvalue weighted by Gasteiger charge is -2.06. The highest BCUT2D eigenvalue weighted by molar-refractivity contribution is 5.88. The molecule has 1 aromatic rings. The van der Waals surface area contributed by atoms with Gasteiger partial charge in [0.15, 0.2) is 0 Å². The third-order valence-electron chi connectivity index (χ3n) is 2.48. The monoisotopic (exact) mass is 193 g/mol. The Labute approximate surface area is 80.8 Å². The Morgan fingerprint density at radius 1 is 1.57 bits per heavy atom. The number of aryl methyl sites for hydroxylation is 1. The summed E-state index contributed by atoms with van der Waals surface area (Å²) in [4.78, 5) is 22.5. The lowest BCUT2D eigenvalue weighted by atomic mass is 10.1. The van der Waals surface area contributed by atoms with Crippen LogP contribution in [0.1, 0.15) is 34.8 Å². The van der Waals surface area contributed by atoms with E-state index in [9.17, 15) is 9.59 Å². The number of hydrogen-bond acceptors (Lipinski definition) is 2. The van der Waals surface area contributed by atoms with Crippen LogP contribution in [0.2, 0.25) is 0 Å². The second kappa shape index (κ2) is 2.97. The van der Waals surface area contributed by atoms with Crippen molar-refractivity contribution in [2.24, 2.45) is 0 Å². The fraction of sp³-hybridized carbons (Fsp3) is 0.400. The molecule has 1 aromatic heterocycles. The lowest BCUT2D eigenvalue weighted by molar-refractivity contribution is 0.0693. The van der Waals surface area contributed by atoms with Gasteiger partial charge in [-0.2, -0.15) is 0 Å².